The van der Waals surface area contributed by atoms with Gasteiger partial charge in [0.05, 0.1) is 0 Å². The van der Waals surface area contributed by atoms with Crippen LogP contribution in [0, 0.1) is 5.82 Å². The number of hydrogen-bond donors (Lipinski definition) is 4. The number of anilines is 1. The Labute approximate surface area is 104 Å². The fourth-order valence-electron chi connectivity index (χ4n) is 1.26. The minimum Gasteiger partial charge on any atom is -0.409 e. The summed E-state index contributed by atoms with van der Waals surface area (Å²) in [7, 11) is 0. The maximum atomic E-state index is 12.8. The zero-order valence-corrected chi connectivity index (χ0v) is 9.69. The van der Waals surface area contributed by atoms with E-state index in [4.69, 9.17) is 10.9 Å². The lowest BCUT2D eigenvalue weighted by atomic mass is 10.3. The number of amidine groups is 1. The number of benzene rings is 1. The SMILES string of the molecule is NC(CCCNC(=O)Nc1cccc(F)c1)=NO. The number of nitrogens with one attached hydrogen (secondary N) is 2. The molecule has 0 aliphatic carbocycles. The van der Waals surface area contributed by atoms with Gasteiger partial charge in [0.15, 0.2) is 0 Å². The first-order chi connectivity index (χ1) is 8.61. The van der Waals surface area contributed by atoms with Gasteiger partial charge in [0.25, 0.3) is 0 Å². The minimum atomic E-state index is -0.430. The van der Waals surface area contributed by atoms with Crippen molar-refractivity contribution in [3.05, 3.63) is 30.1 Å². The van der Waals surface area contributed by atoms with Gasteiger partial charge in [-0.1, -0.05) is 11.2 Å². The van der Waals surface area contributed by atoms with Crippen molar-refractivity contribution < 1.29 is 14.4 Å². The van der Waals surface area contributed by atoms with Crippen molar-refractivity contribution in [2.75, 3.05) is 11.9 Å². The smallest absolute Gasteiger partial charge is 0.319 e. The molecule has 0 fully saturated rings. The molecule has 0 saturated carbocycles. The Kier molecular flexibility index (Phi) is 5.43. The van der Waals surface area contributed by atoms with Gasteiger partial charge in [-0.25, -0.2) is 9.18 Å². The van der Waals surface area contributed by atoms with Crippen LogP contribution in [0.2, 0.25) is 0 Å². The van der Waals surface area contributed by atoms with Crippen LogP contribution in [0.4, 0.5) is 14.9 Å². The number of rotatable bonds is 5. The van der Waals surface area contributed by atoms with E-state index in [0.29, 0.717) is 25.1 Å². The van der Waals surface area contributed by atoms with Crippen molar-refractivity contribution >= 4 is 17.6 Å². The van der Waals surface area contributed by atoms with Crippen molar-refractivity contribution in [1.29, 1.82) is 0 Å². The Balaban J connectivity index is 2.26. The number of amides is 2. The second kappa shape index (κ2) is 7.10. The lowest BCUT2D eigenvalue weighted by Crippen LogP contribution is -2.30. The van der Waals surface area contributed by atoms with Crippen LogP contribution in [0.25, 0.3) is 0 Å². The Morgan fingerprint density at radius 2 is 2.28 bits per heavy atom. The molecular weight excluding hydrogens is 239 g/mol. The molecule has 98 valence electrons. The molecule has 0 radical (unpaired) electrons. The summed E-state index contributed by atoms with van der Waals surface area (Å²) in [5.74, 6) is -0.304. The van der Waals surface area contributed by atoms with Crippen molar-refractivity contribution in [3.63, 3.8) is 0 Å². The highest BCUT2D eigenvalue weighted by molar-refractivity contribution is 5.89. The first-order valence-electron chi connectivity index (χ1n) is 5.38. The van der Waals surface area contributed by atoms with E-state index in [1.54, 1.807) is 6.07 Å². The zero-order chi connectivity index (χ0) is 13.4. The number of carbonyl (C=O) groups is 1. The third-order valence-electron chi connectivity index (χ3n) is 2.11. The van der Waals surface area contributed by atoms with E-state index in [1.165, 1.54) is 18.2 Å². The Hall–Kier alpha value is -2.31. The average Bonchev–Trinajstić information content (AvgIpc) is 2.34. The number of hydrogen-bond acceptors (Lipinski definition) is 3. The standard InChI is InChI=1S/C11H15FN4O2/c12-8-3-1-4-9(7-8)15-11(17)14-6-2-5-10(13)16-18/h1,3-4,7,18H,2,5-6H2,(H2,13,16)(H2,14,15,17). The lowest BCUT2D eigenvalue weighted by Gasteiger charge is -2.07. The van der Waals surface area contributed by atoms with E-state index < -0.39 is 11.8 Å². The summed E-state index contributed by atoms with van der Waals surface area (Å²) < 4.78 is 12.8. The van der Waals surface area contributed by atoms with Crippen LogP contribution in [0.15, 0.2) is 29.4 Å². The molecule has 0 saturated heterocycles. The van der Waals surface area contributed by atoms with Crippen molar-refractivity contribution in [1.82, 2.24) is 5.32 Å². The summed E-state index contributed by atoms with van der Waals surface area (Å²) >= 11 is 0. The van der Waals surface area contributed by atoms with Gasteiger partial charge in [-0.05, 0) is 24.6 Å². The van der Waals surface area contributed by atoms with Gasteiger partial charge < -0.3 is 21.6 Å². The molecular formula is C11H15FN4O2. The molecule has 6 nitrogen and oxygen atoms in total. The van der Waals surface area contributed by atoms with Crippen molar-refractivity contribution in [2.45, 2.75) is 12.8 Å². The van der Waals surface area contributed by atoms with E-state index in [2.05, 4.69) is 15.8 Å². The minimum absolute atomic E-state index is 0.113. The van der Waals surface area contributed by atoms with Crippen LogP contribution in [0.5, 0.6) is 0 Å². The largest absolute Gasteiger partial charge is 0.409 e. The van der Waals surface area contributed by atoms with Crippen molar-refractivity contribution in [3.8, 4) is 0 Å². The lowest BCUT2D eigenvalue weighted by molar-refractivity contribution is 0.252. The fraction of sp³-hybridized carbons (Fsp3) is 0.273. The molecule has 0 atom stereocenters. The number of halogens is 1. The average molecular weight is 254 g/mol. The molecule has 2 amide bonds. The Morgan fingerprint density at radius 3 is 2.94 bits per heavy atom. The van der Waals surface area contributed by atoms with E-state index in [0.717, 1.165) is 0 Å². The summed E-state index contributed by atoms with van der Waals surface area (Å²) in [5.41, 5.74) is 5.64. The molecule has 0 aliphatic heterocycles. The van der Waals surface area contributed by atoms with Crippen LogP contribution >= 0.6 is 0 Å². The van der Waals surface area contributed by atoms with Gasteiger partial charge in [0.1, 0.15) is 11.7 Å². The highest BCUT2D eigenvalue weighted by atomic mass is 19.1. The first-order valence-corrected chi connectivity index (χ1v) is 5.38. The highest BCUT2D eigenvalue weighted by Crippen LogP contribution is 2.08. The van der Waals surface area contributed by atoms with Crippen LogP contribution in [-0.2, 0) is 0 Å². The summed E-state index contributed by atoms with van der Waals surface area (Å²) in [6.07, 6.45) is 0.934. The topological polar surface area (TPSA) is 99.7 Å². The number of nitrogens with zero attached hydrogens (tertiary/aromatic N) is 1. The first kappa shape index (κ1) is 13.8. The molecule has 1 aromatic rings. The van der Waals surface area contributed by atoms with Gasteiger partial charge in [0.2, 0.25) is 0 Å². The van der Waals surface area contributed by atoms with Crippen molar-refractivity contribution in [2.24, 2.45) is 10.9 Å². The Morgan fingerprint density at radius 1 is 1.50 bits per heavy atom. The fourth-order valence-corrected chi connectivity index (χ4v) is 1.26. The predicted molar refractivity (Wildman–Crippen MR) is 66.1 cm³/mol. The molecule has 0 heterocycles. The summed E-state index contributed by atoms with van der Waals surface area (Å²) in [6, 6.07) is 5.17. The maximum absolute atomic E-state index is 12.8. The molecule has 0 bridgehead atoms. The molecule has 7 heteroatoms. The summed E-state index contributed by atoms with van der Waals surface area (Å²) in [5, 5.41) is 16.1. The molecule has 1 aromatic carbocycles. The van der Waals surface area contributed by atoms with Crippen LogP contribution in [0.1, 0.15) is 12.8 Å². The molecule has 0 unspecified atom stereocenters. The predicted octanol–water partition coefficient (Wildman–Crippen LogP) is 1.47. The van der Waals surface area contributed by atoms with Gasteiger partial charge >= 0.3 is 6.03 Å². The summed E-state index contributed by atoms with van der Waals surface area (Å²) in [4.78, 5) is 11.4. The molecule has 1 rings (SSSR count). The normalized spacial score (nSPS) is 11.1. The zero-order valence-electron chi connectivity index (χ0n) is 9.69. The van der Waals surface area contributed by atoms with Crippen LogP contribution in [-0.4, -0.2) is 23.6 Å². The monoisotopic (exact) mass is 254 g/mol. The molecule has 18 heavy (non-hydrogen) atoms. The molecule has 5 N–H and O–H groups in total. The van der Waals surface area contributed by atoms with Gasteiger partial charge in [-0.15, -0.1) is 0 Å². The number of urea groups is 1. The van der Waals surface area contributed by atoms with Crippen LogP contribution in [0.3, 0.4) is 0 Å². The van der Waals surface area contributed by atoms with Gasteiger partial charge in [0, 0.05) is 18.7 Å². The van der Waals surface area contributed by atoms with E-state index in [9.17, 15) is 9.18 Å². The molecule has 0 aromatic heterocycles. The van der Waals surface area contributed by atoms with Gasteiger partial charge in [-0.3, -0.25) is 0 Å². The molecule has 0 aliphatic rings. The number of oxime groups is 1. The third-order valence-corrected chi connectivity index (χ3v) is 2.11. The second-order valence-corrected chi connectivity index (χ2v) is 3.59. The van der Waals surface area contributed by atoms with Gasteiger partial charge in [-0.2, -0.15) is 0 Å². The number of carbonyl (C=O) groups excluding carboxylic acids is 1. The molecule has 0 spiro atoms. The second-order valence-electron chi connectivity index (χ2n) is 3.59. The van der Waals surface area contributed by atoms with E-state index >= 15 is 0 Å². The number of nitrogens with two attached hydrogens (primary N) is 1. The van der Waals surface area contributed by atoms with E-state index in [-0.39, 0.29) is 5.84 Å². The summed E-state index contributed by atoms with van der Waals surface area (Å²) in [6.45, 7) is 0.372. The third kappa shape index (κ3) is 5.15. The van der Waals surface area contributed by atoms with Crippen LogP contribution < -0.4 is 16.4 Å². The van der Waals surface area contributed by atoms with E-state index in [1.807, 2.05) is 0 Å². The highest BCUT2D eigenvalue weighted by Gasteiger charge is 2.02. The quantitative estimate of drug-likeness (QED) is 0.210. The maximum Gasteiger partial charge on any atom is 0.319 e. The Bertz CT molecular complexity index is 437.